The smallest absolute Gasteiger partial charge is 0.315 e. The molecule has 0 atom stereocenters. The predicted molar refractivity (Wildman–Crippen MR) is 45.5 cm³/mol. The number of alkyl halides is 2. The van der Waals surface area contributed by atoms with Gasteiger partial charge in [-0.1, -0.05) is 27.7 Å². The number of amides is 1. The molecule has 0 unspecified atom stereocenters. The van der Waals surface area contributed by atoms with Gasteiger partial charge in [0.2, 0.25) is 0 Å². The highest BCUT2D eigenvalue weighted by atomic mass is 19.3. The summed E-state index contributed by atoms with van der Waals surface area (Å²) in [5.74, 6) is -1.16. The third-order valence-corrected chi connectivity index (χ3v) is 3.51. The monoisotopic (exact) mass is 191 g/mol. The van der Waals surface area contributed by atoms with Crippen molar-refractivity contribution in [3.05, 3.63) is 0 Å². The van der Waals surface area contributed by atoms with Crippen LogP contribution in [0.4, 0.5) is 8.78 Å². The number of nitrogens with one attached hydrogen (secondary N) is 1. The Kier molecular flexibility index (Phi) is 2.13. The Balaban J connectivity index is 2.56. The first-order valence-corrected chi connectivity index (χ1v) is 4.30. The van der Waals surface area contributed by atoms with Crippen molar-refractivity contribution in [1.29, 1.82) is 0 Å². The van der Waals surface area contributed by atoms with E-state index in [0.717, 1.165) is 0 Å². The van der Waals surface area contributed by atoms with Crippen LogP contribution in [0.15, 0.2) is 0 Å². The third-order valence-electron chi connectivity index (χ3n) is 3.51. The Hall–Kier alpha value is -0.670. The van der Waals surface area contributed by atoms with Gasteiger partial charge in [0.05, 0.1) is 0 Å². The van der Waals surface area contributed by atoms with E-state index in [1.165, 1.54) is 0 Å². The number of halogens is 2. The van der Waals surface area contributed by atoms with E-state index in [1.54, 1.807) is 0 Å². The molecule has 0 aromatic heterocycles. The maximum Gasteiger partial charge on any atom is 0.315 e. The molecule has 1 aliphatic rings. The van der Waals surface area contributed by atoms with Crippen LogP contribution < -0.4 is 5.32 Å². The van der Waals surface area contributed by atoms with Gasteiger partial charge in [-0.3, -0.25) is 4.79 Å². The standard InChI is InChI=1S/C9H15F2NO/c1-8(2)7(9(8,3)4)12-6(13)5(10)11/h5,7H,1-4H3,(H,12,13). The zero-order chi connectivity index (χ0) is 10.4. The van der Waals surface area contributed by atoms with Crippen LogP contribution in [0.3, 0.4) is 0 Å². The first-order valence-electron chi connectivity index (χ1n) is 4.30. The summed E-state index contributed by atoms with van der Waals surface area (Å²) in [4.78, 5) is 10.7. The second-order valence-electron chi connectivity index (χ2n) is 4.69. The fourth-order valence-corrected chi connectivity index (χ4v) is 1.76. The van der Waals surface area contributed by atoms with E-state index >= 15 is 0 Å². The minimum atomic E-state index is -2.91. The van der Waals surface area contributed by atoms with E-state index in [0.29, 0.717) is 0 Å². The summed E-state index contributed by atoms with van der Waals surface area (Å²) < 4.78 is 23.8. The highest BCUT2D eigenvalue weighted by Crippen LogP contribution is 2.62. The highest BCUT2D eigenvalue weighted by Gasteiger charge is 2.65. The van der Waals surface area contributed by atoms with E-state index in [-0.39, 0.29) is 16.9 Å². The molecule has 0 aliphatic heterocycles. The Labute approximate surface area is 76.7 Å². The van der Waals surface area contributed by atoms with Crippen LogP contribution in [0.25, 0.3) is 0 Å². The Bertz CT molecular complexity index is 222. The summed E-state index contributed by atoms with van der Waals surface area (Å²) in [6.45, 7) is 7.85. The lowest BCUT2D eigenvalue weighted by Crippen LogP contribution is -2.34. The van der Waals surface area contributed by atoms with Gasteiger partial charge in [-0.05, 0) is 10.8 Å². The van der Waals surface area contributed by atoms with Crippen molar-refractivity contribution in [3.63, 3.8) is 0 Å². The van der Waals surface area contributed by atoms with Crippen LogP contribution in [0.5, 0.6) is 0 Å². The van der Waals surface area contributed by atoms with E-state index in [9.17, 15) is 13.6 Å². The first kappa shape index (κ1) is 10.4. The van der Waals surface area contributed by atoms with Crippen LogP contribution >= 0.6 is 0 Å². The SMILES string of the molecule is CC1(C)C(NC(=O)C(F)F)C1(C)C. The number of rotatable bonds is 2. The molecule has 4 heteroatoms. The maximum absolute atomic E-state index is 11.9. The van der Waals surface area contributed by atoms with E-state index in [2.05, 4.69) is 5.32 Å². The topological polar surface area (TPSA) is 29.1 Å². The molecular weight excluding hydrogens is 176 g/mol. The molecule has 0 heterocycles. The number of carbonyl (C=O) groups excluding carboxylic acids is 1. The predicted octanol–water partition coefficient (Wildman–Crippen LogP) is 1.80. The second-order valence-corrected chi connectivity index (χ2v) is 4.69. The molecule has 76 valence electrons. The van der Waals surface area contributed by atoms with Crippen LogP contribution in [-0.2, 0) is 4.79 Å². The molecule has 13 heavy (non-hydrogen) atoms. The van der Waals surface area contributed by atoms with Crippen LogP contribution in [0.2, 0.25) is 0 Å². The molecule has 1 aliphatic carbocycles. The molecular formula is C9H15F2NO. The van der Waals surface area contributed by atoms with Gasteiger partial charge in [-0.15, -0.1) is 0 Å². The molecule has 0 bridgehead atoms. The molecule has 1 rings (SSSR count). The van der Waals surface area contributed by atoms with Gasteiger partial charge in [0.25, 0.3) is 5.91 Å². The molecule has 2 nitrogen and oxygen atoms in total. The van der Waals surface area contributed by atoms with E-state index < -0.39 is 12.3 Å². The minimum absolute atomic E-state index is 0.0858. The van der Waals surface area contributed by atoms with Gasteiger partial charge >= 0.3 is 6.43 Å². The molecule has 0 radical (unpaired) electrons. The number of carbonyl (C=O) groups is 1. The Morgan fingerprint density at radius 3 is 1.85 bits per heavy atom. The van der Waals surface area contributed by atoms with E-state index in [4.69, 9.17) is 0 Å². The minimum Gasteiger partial charge on any atom is -0.347 e. The van der Waals surface area contributed by atoms with E-state index in [1.807, 2.05) is 27.7 Å². The van der Waals surface area contributed by atoms with Gasteiger partial charge in [0.1, 0.15) is 0 Å². The average Bonchev–Trinajstić information content (AvgIpc) is 2.32. The Morgan fingerprint density at radius 1 is 1.23 bits per heavy atom. The summed E-state index contributed by atoms with van der Waals surface area (Å²) in [5.41, 5.74) is -0.172. The summed E-state index contributed by atoms with van der Waals surface area (Å²) in [7, 11) is 0. The van der Waals surface area contributed by atoms with Crippen molar-refractivity contribution >= 4 is 5.91 Å². The number of hydrogen-bond acceptors (Lipinski definition) is 1. The molecule has 0 aromatic rings. The fraction of sp³-hybridized carbons (Fsp3) is 0.889. The molecule has 1 N–H and O–H groups in total. The molecule has 1 fully saturated rings. The van der Waals surface area contributed by atoms with Crippen molar-refractivity contribution in [2.75, 3.05) is 0 Å². The van der Waals surface area contributed by atoms with Crippen molar-refractivity contribution < 1.29 is 13.6 Å². The zero-order valence-electron chi connectivity index (χ0n) is 8.32. The highest BCUT2D eigenvalue weighted by molar-refractivity contribution is 5.80. The van der Waals surface area contributed by atoms with Gasteiger partial charge in [0.15, 0.2) is 0 Å². The molecule has 0 saturated heterocycles. The van der Waals surface area contributed by atoms with Crippen LogP contribution in [-0.4, -0.2) is 18.4 Å². The second kappa shape index (κ2) is 2.66. The first-order chi connectivity index (χ1) is 5.71. The lowest BCUT2D eigenvalue weighted by Gasteiger charge is -2.04. The molecule has 1 saturated carbocycles. The maximum atomic E-state index is 11.9. The lowest BCUT2D eigenvalue weighted by atomic mass is 10.0. The fourth-order valence-electron chi connectivity index (χ4n) is 1.76. The van der Waals surface area contributed by atoms with Crippen molar-refractivity contribution in [3.8, 4) is 0 Å². The third kappa shape index (κ3) is 1.42. The van der Waals surface area contributed by atoms with Crippen molar-refractivity contribution in [1.82, 2.24) is 5.32 Å². The summed E-state index contributed by atoms with van der Waals surface area (Å²) >= 11 is 0. The molecule has 0 aromatic carbocycles. The van der Waals surface area contributed by atoms with Crippen LogP contribution in [0.1, 0.15) is 27.7 Å². The molecule has 0 spiro atoms. The quantitative estimate of drug-likeness (QED) is 0.708. The van der Waals surface area contributed by atoms with Crippen molar-refractivity contribution in [2.45, 2.75) is 40.2 Å². The zero-order valence-corrected chi connectivity index (χ0v) is 8.32. The Morgan fingerprint density at radius 2 is 1.62 bits per heavy atom. The summed E-state index contributed by atoms with van der Waals surface area (Å²) in [5, 5.41) is 2.34. The normalized spacial score (nSPS) is 24.5. The summed E-state index contributed by atoms with van der Waals surface area (Å²) in [6.07, 6.45) is -2.91. The van der Waals surface area contributed by atoms with Gasteiger partial charge < -0.3 is 5.32 Å². The number of hydrogen-bond donors (Lipinski definition) is 1. The van der Waals surface area contributed by atoms with Gasteiger partial charge in [-0.25, -0.2) is 0 Å². The lowest BCUT2D eigenvalue weighted by molar-refractivity contribution is -0.132. The van der Waals surface area contributed by atoms with Gasteiger partial charge in [0, 0.05) is 6.04 Å². The van der Waals surface area contributed by atoms with Crippen LogP contribution in [0, 0.1) is 10.8 Å². The molecule has 1 amide bonds. The largest absolute Gasteiger partial charge is 0.347 e. The summed E-state index contributed by atoms with van der Waals surface area (Å²) in [6, 6.07) is -0.138. The van der Waals surface area contributed by atoms with Crippen molar-refractivity contribution in [2.24, 2.45) is 10.8 Å². The average molecular weight is 191 g/mol. The van der Waals surface area contributed by atoms with Gasteiger partial charge in [-0.2, -0.15) is 8.78 Å².